The van der Waals surface area contributed by atoms with Crippen molar-refractivity contribution < 1.29 is 0 Å². The highest BCUT2D eigenvalue weighted by Crippen LogP contribution is 2.26. The molecule has 1 aliphatic heterocycles. The van der Waals surface area contributed by atoms with E-state index in [2.05, 4.69) is 27.3 Å². The van der Waals surface area contributed by atoms with Crippen molar-refractivity contribution in [1.29, 1.82) is 0 Å². The summed E-state index contributed by atoms with van der Waals surface area (Å²) in [5.74, 6) is 3.50. The summed E-state index contributed by atoms with van der Waals surface area (Å²) in [5, 5.41) is 13.9. The number of rotatable bonds is 4. The predicted octanol–water partition coefficient (Wildman–Crippen LogP) is 1.94. The number of hydrogen-bond donors (Lipinski definition) is 1. The lowest BCUT2D eigenvalue weighted by Gasteiger charge is -2.19. The van der Waals surface area contributed by atoms with E-state index in [4.69, 9.17) is 0 Å². The predicted molar refractivity (Wildman–Crippen MR) is 66.4 cm³/mol. The van der Waals surface area contributed by atoms with Crippen LogP contribution in [0.1, 0.15) is 22.9 Å². The van der Waals surface area contributed by atoms with Crippen LogP contribution in [0.2, 0.25) is 0 Å². The Morgan fingerprint density at radius 1 is 1.27 bits per heavy atom. The Bertz CT molecular complexity index is 295. The molecule has 2 rings (SSSR count). The molecular weight excluding hydrogens is 226 g/mol. The Labute approximate surface area is 99.1 Å². The Morgan fingerprint density at radius 3 is 2.73 bits per heavy atom. The molecule has 15 heavy (non-hydrogen) atoms. The van der Waals surface area contributed by atoms with Crippen LogP contribution in [-0.4, -0.2) is 28.8 Å². The zero-order chi connectivity index (χ0) is 10.5. The van der Waals surface area contributed by atoms with Gasteiger partial charge in [-0.1, -0.05) is 0 Å². The van der Waals surface area contributed by atoms with Gasteiger partial charge < -0.3 is 5.32 Å². The molecule has 3 nitrogen and oxygen atoms in total. The molecule has 1 aliphatic rings. The van der Waals surface area contributed by atoms with Crippen LogP contribution in [0, 0.1) is 5.92 Å². The topological polar surface area (TPSA) is 37.8 Å². The Kier molecular flexibility index (Phi) is 4.41. The van der Waals surface area contributed by atoms with Crippen molar-refractivity contribution in [3.05, 3.63) is 10.0 Å². The first-order valence-corrected chi connectivity index (χ1v) is 7.39. The molecule has 0 aromatic carbocycles. The van der Waals surface area contributed by atoms with Crippen molar-refractivity contribution in [2.75, 3.05) is 18.6 Å². The fourth-order valence-corrected chi connectivity index (χ4v) is 3.97. The van der Waals surface area contributed by atoms with E-state index in [1.807, 2.05) is 7.05 Å². The van der Waals surface area contributed by atoms with Gasteiger partial charge in [0.05, 0.1) is 0 Å². The third-order valence-electron chi connectivity index (χ3n) is 2.64. The first-order chi connectivity index (χ1) is 7.38. The molecule has 0 bridgehead atoms. The number of nitrogens with zero attached hydrogens (tertiary/aromatic N) is 2. The highest BCUT2D eigenvalue weighted by atomic mass is 32.2. The fourth-order valence-electron chi connectivity index (χ4n) is 1.79. The van der Waals surface area contributed by atoms with Crippen molar-refractivity contribution in [3.8, 4) is 0 Å². The van der Waals surface area contributed by atoms with E-state index in [1.54, 1.807) is 11.3 Å². The quantitative estimate of drug-likeness (QED) is 0.877. The average Bonchev–Trinajstić information content (AvgIpc) is 2.68. The summed E-state index contributed by atoms with van der Waals surface area (Å²) in [5.41, 5.74) is 0. The normalized spacial score (nSPS) is 18.2. The van der Waals surface area contributed by atoms with Crippen molar-refractivity contribution in [2.45, 2.75) is 25.8 Å². The second-order valence-corrected chi connectivity index (χ2v) is 6.25. The maximum atomic E-state index is 4.25. The summed E-state index contributed by atoms with van der Waals surface area (Å²) in [6, 6.07) is 0. The first-order valence-electron chi connectivity index (χ1n) is 5.42. The molecule has 0 radical (unpaired) electrons. The number of hydrogen-bond acceptors (Lipinski definition) is 5. The maximum absolute atomic E-state index is 4.25. The summed E-state index contributed by atoms with van der Waals surface area (Å²) in [6.07, 6.45) is 3.85. The molecule has 0 unspecified atom stereocenters. The Hall–Kier alpha value is -0.130. The molecule has 0 spiro atoms. The van der Waals surface area contributed by atoms with Crippen LogP contribution in [0.4, 0.5) is 0 Å². The monoisotopic (exact) mass is 243 g/mol. The van der Waals surface area contributed by atoms with Crippen molar-refractivity contribution in [2.24, 2.45) is 5.92 Å². The molecule has 0 amide bonds. The van der Waals surface area contributed by atoms with Gasteiger partial charge in [0.25, 0.3) is 0 Å². The van der Waals surface area contributed by atoms with Crippen molar-refractivity contribution in [3.63, 3.8) is 0 Å². The average molecular weight is 243 g/mol. The molecule has 1 fully saturated rings. The molecule has 5 heteroatoms. The number of nitrogens with one attached hydrogen (secondary N) is 1. The van der Waals surface area contributed by atoms with Crippen molar-refractivity contribution in [1.82, 2.24) is 15.5 Å². The second-order valence-electron chi connectivity index (χ2n) is 3.88. The number of aromatic nitrogens is 2. The minimum absolute atomic E-state index is 0.845. The molecule has 0 saturated carbocycles. The van der Waals surface area contributed by atoms with Crippen LogP contribution < -0.4 is 5.32 Å². The van der Waals surface area contributed by atoms with Gasteiger partial charge in [0.15, 0.2) is 0 Å². The third-order valence-corrected chi connectivity index (χ3v) is 4.64. The van der Waals surface area contributed by atoms with E-state index in [-0.39, 0.29) is 0 Å². The maximum Gasteiger partial charge on any atom is 0.131 e. The Balaban J connectivity index is 1.86. The smallest absolute Gasteiger partial charge is 0.131 e. The van der Waals surface area contributed by atoms with Gasteiger partial charge in [-0.2, -0.15) is 11.8 Å². The summed E-state index contributed by atoms with van der Waals surface area (Å²) >= 11 is 3.84. The van der Waals surface area contributed by atoms with E-state index >= 15 is 0 Å². The minimum Gasteiger partial charge on any atom is -0.313 e. The van der Waals surface area contributed by atoms with Gasteiger partial charge in [0.1, 0.15) is 10.0 Å². The highest BCUT2D eigenvalue weighted by Gasteiger charge is 2.16. The third kappa shape index (κ3) is 3.43. The fraction of sp³-hybridized carbons (Fsp3) is 0.800. The highest BCUT2D eigenvalue weighted by molar-refractivity contribution is 7.99. The molecular formula is C10H17N3S2. The zero-order valence-electron chi connectivity index (χ0n) is 9.03. The van der Waals surface area contributed by atoms with Crippen molar-refractivity contribution >= 4 is 23.1 Å². The molecule has 1 N–H and O–H groups in total. The van der Waals surface area contributed by atoms with Crippen LogP contribution >= 0.6 is 23.1 Å². The first kappa shape index (κ1) is 11.4. The molecule has 2 heterocycles. The lowest BCUT2D eigenvalue weighted by Crippen LogP contribution is -2.12. The van der Waals surface area contributed by atoms with Crippen LogP contribution in [0.25, 0.3) is 0 Å². The minimum atomic E-state index is 0.845. The van der Waals surface area contributed by atoms with E-state index in [0.29, 0.717) is 0 Å². The zero-order valence-corrected chi connectivity index (χ0v) is 10.7. The largest absolute Gasteiger partial charge is 0.313 e. The summed E-state index contributed by atoms with van der Waals surface area (Å²) in [4.78, 5) is 0. The van der Waals surface area contributed by atoms with E-state index < -0.39 is 0 Å². The molecule has 1 aromatic heterocycles. The van der Waals surface area contributed by atoms with Crippen LogP contribution in [0.15, 0.2) is 0 Å². The van der Waals surface area contributed by atoms with E-state index in [0.717, 1.165) is 23.9 Å². The SMILES string of the molecule is CNCc1nnc(CC2CCSCC2)s1. The standard InChI is InChI=1S/C10H17N3S2/c1-11-7-10-13-12-9(15-10)6-8-2-4-14-5-3-8/h8,11H,2-7H2,1H3. The van der Waals surface area contributed by atoms with E-state index in [1.165, 1.54) is 29.4 Å². The van der Waals surface area contributed by atoms with Gasteiger partial charge in [-0.05, 0) is 37.3 Å². The van der Waals surface area contributed by atoms with Gasteiger partial charge in [0.2, 0.25) is 0 Å². The lowest BCUT2D eigenvalue weighted by molar-refractivity contribution is 0.485. The van der Waals surface area contributed by atoms with Crippen LogP contribution in [0.3, 0.4) is 0 Å². The van der Waals surface area contributed by atoms with Gasteiger partial charge in [-0.3, -0.25) is 0 Å². The van der Waals surface area contributed by atoms with Gasteiger partial charge >= 0.3 is 0 Å². The molecule has 84 valence electrons. The lowest BCUT2D eigenvalue weighted by atomic mass is 9.99. The van der Waals surface area contributed by atoms with Gasteiger partial charge in [0, 0.05) is 13.0 Å². The molecule has 0 atom stereocenters. The van der Waals surface area contributed by atoms with Gasteiger partial charge in [-0.15, -0.1) is 21.5 Å². The van der Waals surface area contributed by atoms with Crippen LogP contribution in [0.5, 0.6) is 0 Å². The summed E-state index contributed by atoms with van der Waals surface area (Å²) in [7, 11) is 1.94. The summed E-state index contributed by atoms with van der Waals surface area (Å²) < 4.78 is 0. The summed E-state index contributed by atoms with van der Waals surface area (Å²) in [6.45, 7) is 0.845. The molecule has 1 saturated heterocycles. The molecule has 1 aromatic rings. The Morgan fingerprint density at radius 2 is 2.00 bits per heavy atom. The number of thioether (sulfide) groups is 1. The van der Waals surface area contributed by atoms with Gasteiger partial charge in [-0.25, -0.2) is 0 Å². The molecule has 0 aliphatic carbocycles. The van der Waals surface area contributed by atoms with E-state index in [9.17, 15) is 0 Å². The van der Waals surface area contributed by atoms with Crippen LogP contribution in [-0.2, 0) is 13.0 Å². The second kappa shape index (κ2) is 5.82.